The molecule has 3 heteroatoms. The van der Waals surface area contributed by atoms with Crippen LogP contribution in [-0.4, -0.2) is 10.3 Å². The molecule has 0 atom stereocenters. The second kappa shape index (κ2) is 2.36. The highest BCUT2D eigenvalue weighted by Gasteiger charge is 2.05. The summed E-state index contributed by atoms with van der Waals surface area (Å²) < 4.78 is 4.96. The van der Waals surface area contributed by atoms with Crippen molar-refractivity contribution in [2.45, 2.75) is 6.61 Å². The summed E-state index contributed by atoms with van der Waals surface area (Å²) in [4.78, 5) is 0. The minimum Gasteiger partial charge on any atom is -0.390 e. The van der Waals surface area contributed by atoms with E-state index < -0.39 is 0 Å². The summed E-state index contributed by atoms with van der Waals surface area (Å²) in [7, 11) is 0. The van der Waals surface area contributed by atoms with E-state index in [1.165, 1.54) is 0 Å². The lowest BCUT2D eigenvalue weighted by Gasteiger charge is -1.97. The Morgan fingerprint density at radius 3 is 3.18 bits per heavy atom. The first kappa shape index (κ1) is 6.37. The molecule has 0 aromatic rings. The molecule has 0 aromatic heterocycles. The first-order chi connectivity index (χ1) is 5.40. The van der Waals surface area contributed by atoms with Crippen molar-refractivity contribution < 1.29 is 9.63 Å². The molecule has 0 saturated carbocycles. The summed E-state index contributed by atoms with van der Waals surface area (Å²) in [5.74, 6) is 0.752. The average molecular weight is 149 g/mol. The number of hydrogen-bond acceptors (Lipinski definition) is 3. The van der Waals surface area contributed by atoms with Crippen molar-refractivity contribution in [1.29, 1.82) is 0 Å². The molecule has 0 aromatic carbocycles. The van der Waals surface area contributed by atoms with E-state index >= 15 is 0 Å². The summed E-state index contributed by atoms with van der Waals surface area (Å²) >= 11 is 0. The maximum absolute atomic E-state index is 8.71. The Kier molecular flexibility index (Phi) is 1.36. The Morgan fingerprint density at radius 1 is 1.45 bits per heavy atom. The summed E-state index contributed by atoms with van der Waals surface area (Å²) in [5.41, 5.74) is 1.53. The van der Waals surface area contributed by atoms with Gasteiger partial charge in [-0.3, -0.25) is 0 Å². The predicted octanol–water partition coefficient (Wildman–Crippen LogP) is 1.27. The molecule has 1 heterocycles. The fourth-order valence-corrected chi connectivity index (χ4v) is 1.01. The number of rotatable bonds is 1. The summed E-state index contributed by atoms with van der Waals surface area (Å²) in [6.07, 6.45) is 0. The van der Waals surface area contributed by atoms with Crippen LogP contribution in [0.1, 0.15) is 5.69 Å². The van der Waals surface area contributed by atoms with Gasteiger partial charge in [0.15, 0.2) is 5.76 Å². The zero-order chi connectivity index (χ0) is 7.68. The molecule has 0 fully saturated rings. The van der Waals surface area contributed by atoms with Gasteiger partial charge in [0.05, 0.1) is 6.61 Å². The Labute approximate surface area is 63.6 Å². The van der Waals surface area contributed by atoms with Crippen molar-refractivity contribution >= 4 is 0 Å². The molecule has 1 N–H and O–H groups in total. The number of aromatic nitrogens is 1. The highest BCUT2D eigenvalue weighted by Crippen LogP contribution is 2.21. The molecule has 0 unspecified atom stereocenters. The van der Waals surface area contributed by atoms with Crippen molar-refractivity contribution in [3.63, 3.8) is 0 Å². The van der Waals surface area contributed by atoms with Crippen molar-refractivity contribution in [2.24, 2.45) is 0 Å². The van der Waals surface area contributed by atoms with E-state index in [0.29, 0.717) is 5.69 Å². The minimum atomic E-state index is -0.0788. The van der Waals surface area contributed by atoms with Gasteiger partial charge in [-0.15, -0.1) is 0 Å². The molecule has 0 amide bonds. The highest BCUT2D eigenvalue weighted by molar-refractivity contribution is 5.59. The Balaban J connectivity index is 2.59. The topological polar surface area (TPSA) is 46.3 Å². The standard InChI is InChI=1S/C8H7NO2/c10-5-7-4-6-2-1-3-8(6)11-9-7/h1-4,10H,5H2. The lowest BCUT2D eigenvalue weighted by molar-refractivity contribution is 0.259. The van der Waals surface area contributed by atoms with E-state index in [1.54, 1.807) is 6.07 Å². The normalized spacial score (nSPS) is 10.6. The lowest BCUT2D eigenvalue weighted by Crippen LogP contribution is -1.88. The summed E-state index contributed by atoms with van der Waals surface area (Å²) in [6, 6.07) is 7.44. The van der Waals surface area contributed by atoms with E-state index in [4.69, 9.17) is 9.63 Å². The molecule has 1 aliphatic carbocycles. The van der Waals surface area contributed by atoms with E-state index in [9.17, 15) is 0 Å². The van der Waals surface area contributed by atoms with Gasteiger partial charge in [0.25, 0.3) is 0 Å². The zero-order valence-corrected chi connectivity index (χ0v) is 5.82. The monoisotopic (exact) mass is 149 g/mol. The molecule has 2 aliphatic rings. The molecule has 0 saturated heterocycles. The van der Waals surface area contributed by atoms with Gasteiger partial charge < -0.3 is 9.63 Å². The van der Waals surface area contributed by atoms with Gasteiger partial charge in [0.1, 0.15) is 5.69 Å². The van der Waals surface area contributed by atoms with Crippen LogP contribution in [0.4, 0.5) is 0 Å². The lowest BCUT2D eigenvalue weighted by atomic mass is 10.2. The van der Waals surface area contributed by atoms with Crippen LogP contribution in [0.5, 0.6) is 0 Å². The number of fused-ring (bicyclic) bond motifs is 1. The van der Waals surface area contributed by atoms with Crippen molar-refractivity contribution in [1.82, 2.24) is 5.16 Å². The molecular weight excluding hydrogens is 142 g/mol. The molecule has 0 bridgehead atoms. The van der Waals surface area contributed by atoms with Crippen LogP contribution in [0.25, 0.3) is 11.3 Å². The van der Waals surface area contributed by atoms with Crippen LogP contribution in [0, 0.1) is 0 Å². The Morgan fingerprint density at radius 2 is 2.36 bits per heavy atom. The minimum absolute atomic E-state index is 0.0788. The molecular formula is C8H7NO2. The fourth-order valence-electron chi connectivity index (χ4n) is 1.01. The molecule has 56 valence electrons. The van der Waals surface area contributed by atoms with Crippen LogP contribution >= 0.6 is 0 Å². The average Bonchev–Trinajstić information content (AvgIpc) is 2.50. The third-order valence-corrected chi connectivity index (χ3v) is 1.55. The fraction of sp³-hybridized carbons (Fsp3) is 0.125. The third-order valence-electron chi connectivity index (χ3n) is 1.55. The third kappa shape index (κ3) is 0.991. The van der Waals surface area contributed by atoms with Gasteiger partial charge >= 0.3 is 0 Å². The Hall–Kier alpha value is -1.35. The predicted molar refractivity (Wildman–Crippen MR) is 39.0 cm³/mol. The van der Waals surface area contributed by atoms with Crippen LogP contribution < -0.4 is 0 Å². The van der Waals surface area contributed by atoms with E-state index in [1.807, 2.05) is 18.2 Å². The van der Waals surface area contributed by atoms with E-state index in [2.05, 4.69) is 5.16 Å². The second-order valence-corrected chi connectivity index (χ2v) is 2.32. The molecule has 0 spiro atoms. The van der Waals surface area contributed by atoms with Gasteiger partial charge in [-0.2, -0.15) is 0 Å². The molecule has 0 radical (unpaired) electrons. The second-order valence-electron chi connectivity index (χ2n) is 2.32. The summed E-state index contributed by atoms with van der Waals surface area (Å²) in [6.45, 7) is -0.0788. The van der Waals surface area contributed by atoms with Gasteiger partial charge in [0.2, 0.25) is 0 Å². The van der Waals surface area contributed by atoms with Gasteiger partial charge in [-0.25, -0.2) is 0 Å². The smallest absolute Gasteiger partial charge is 0.165 e. The van der Waals surface area contributed by atoms with Crippen molar-refractivity contribution in [3.05, 3.63) is 30.0 Å². The van der Waals surface area contributed by atoms with Crippen molar-refractivity contribution in [2.75, 3.05) is 0 Å². The molecule has 3 nitrogen and oxygen atoms in total. The van der Waals surface area contributed by atoms with E-state index in [0.717, 1.165) is 11.3 Å². The first-order valence-corrected chi connectivity index (χ1v) is 3.35. The zero-order valence-electron chi connectivity index (χ0n) is 5.82. The summed E-state index contributed by atoms with van der Waals surface area (Å²) in [5, 5.41) is 12.4. The SMILES string of the molecule is OCc1cc2cccc-2on1. The molecule has 1 aliphatic heterocycles. The number of aliphatic hydroxyl groups is 1. The highest BCUT2D eigenvalue weighted by atomic mass is 16.5. The quantitative estimate of drug-likeness (QED) is 0.664. The van der Waals surface area contributed by atoms with Crippen LogP contribution in [0.2, 0.25) is 0 Å². The van der Waals surface area contributed by atoms with Gasteiger partial charge in [-0.1, -0.05) is 17.3 Å². The first-order valence-electron chi connectivity index (χ1n) is 3.35. The molecule has 11 heavy (non-hydrogen) atoms. The number of hydrogen-bond donors (Lipinski definition) is 1. The largest absolute Gasteiger partial charge is 0.390 e. The molecule has 2 rings (SSSR count). The van der Waals surface area contributed by atoms with Crippen LogP contribution in [-0.2, 0) is 6.61 Å². The number of aliphatic hydroxyl groups excluding tert-OH is 1. The number of nitrogens with zero attached hydrogens (tertiary/aromatic N) is 1. The maximum atomic E-state index is 8.71. The van der Waals surface area contributed by atoms with Crippen molar-refractivity contribution in [3.8, 4) is 11.3 Å². The van der Waals surface area contributed by atoms with Gasteiger partial charge in [-0.05, 0) is 12.1 Å². The van der Waals surface area contributed by atoms with Gasteiger partial charge in [0, 0.05) is 5.56 Å². The van der Waals surface area contributed by atoms with Crippen LogP contribution in [0.15, 0.2) is 28.8 Å². The maximum Gasteiger partial charge on any atom is 0.165 e. The van der Waals surface area contributed by atoms with E-state index in [-0.39, 0.29) is 6.61 Å². The Bertz CT molecular complexity index is 329. The van der Waals surface area contributed by atoms with Crippen LogP contribution in [0.3, 0.4) is 0 Å².